The number of nitrogens with one attached hydrogen (secondary N) is 1. The van der Waals surface area contributed by atoms with Crippen LogP contribution in [0.2, 0.25) is 0 Å². The third-order valence-electron chi connectivity index (χ3n) is 2.98. The molecule has 1 aromatic rings. The van der Waals surface area contributed by atoms with Gasteiger partial charge in [-0.15, -0.1) is 11.3 Å². The van der Waals surface area contributed by atoms with Gasteiger partial charge in [-0.1, -0.05) is 0 Å². The zero-order chi connectivity index (χ0) is 10.7. The Bertz CT molecular complexity index is 313. The van der Waals surface area contributed by atoms with Gasteiger partial charge in [-0.25, -0.2) is 0 Å². The molecule has 2 nitrogen and oxygen atoms in total. The predicted octanol–water partition coefficient (Wildman–Crippen LogP) is 2.35. The van der Waals surface area contributed by atoms with Gasteiger partial charge in [0.25, 0.3) is 0 Å². The van der Waals surface area contributed by atoms with Crippen molar-refractivity contribution in [1.82, 2.24) is 10.2 Å². The lowest BCUT2D eigenvalue weighted by Crippen LogP contribution is -2.30. The summed E-state index contributed by atoms with van der Waals surface area (Å²) in [5.74, 6) is 0. The first-order valence-corrected chi connectivity index (χ1v) is 7.02. The summed E-state index contributed by atoms with van der Waals surface area (Å²) in [6.45, 7) is 3.66. The van der Waals surface area contributed by atoms with Crippen LogP contribution >= 0.6 is 27.3 Å². The summed E-state index contributed by atoms with van der Waals surface area (Å²) in [4.78, 5) is 4.03. The second kappa shape index (κ2) is 5.43. The van der Waals surface area contributed by atoms with Gasteiger partial charge < -0.3 is 10.2 Å². The Morgan fingerprint density at radius 1 is 1.60 bits per heavy atom. The first kappa shape index (κ1) is 11.6. The highest BCUT2D eigenvalue weighted by atomic mass is 79.9. The maximum Gasteiger partial charge on any atom is 0.0701 e. The van der Waals surface area contributed by atoms with Crippen LogP contribution in [0.1, 0.15) is 11.3 Å². The van der Waals surface area contributed by atoms with Crippen LogP contribution in [-0.2, 0) is 6.42 Å². The standard InChI is InChI=1S/C11H17BrN2S/c1-13-9-4-6-14(8-9)7-5-10-2-3-11(12)15-10/h2-3,9,13H,4-8H2,1H3. The van der Waals surface area contributed by atoms with Crippen LogP contribution in [-0.4, -0.2) is 37.6 Å². The van der Waals surface area contributed by atoms with E-state index in [9.17, 15) is 0 Å². The summed E-state index contributed by atoms with van der Waals surface area (Å²) in [5, 5.41) is 3.35. The first-order chi connectivity index (χ1) is 7.28. The molecule has 15 heavy (non-hydrogen) atoms. The molecule has 2 heterocycles. The molecule has 0 spiro atoms. The van der Waals surface area contributed by atoms with E-state index in [1.807, 2.05) is 11.3 Å². The fourth-order valence-electron chi connectivity index (χ4n) is 2.03. The molecule has 1 aliphatic heterocycles. The van der Waals surface area contributed by atoms with Gasteiger partial charge in [0.05, 0.1) is 3.79 Å². The molecule has 1 fully saturated rings. The molecule has 1 atom stereocenters. The first-order valence-electron chi connectivity index (χ1n) is 5.42. The molecule has 84 valence electrons. The Balaban J connectivity index is 1.75. The number of likely N-dealkylation sites (N-methyl/N-ethyl adjacent to an activating group) is 1. The summed E-state index contributed by atoms with van der Waals surface area (Å²) in [7, 11) is 2.06. The quantitative estimate of drug-likeness (QED) is 0.915. The number of likely N-dealkylation sites (tertiary alicyclic amines) is 1. The lowest BCUT2D eigenvalue weighted by Gasteiger charge is -2.14. The predicted molar refractivity (Wildman–Crippen MR) is 69.6 cm³/mol. The molecule has 0 aromatic carbocycles. The molecule has 0 aliphatic carbocycles. The summed E-state index contributed by atoms with van der Waals surface area (Å²) in [5.41, 5.74) is 0. The fourth-order valence-corrected chi connectivity index (χ4v) is 3.50. The third kappa shape index (κ3) is 3.28. The summed E-state index contributed by atoms with van der Waals surface area (Å²) in [6, 6.07) is 5.07. The van der Waals surface area contributed by atoms with Crippen LogP contribution in [0.25, 0.3) is 0 Å². The minimum Gasteiger partial charge on any atom is -0.316 e. The average Bonchev–Trinajstić information content (AvgIpc) is 2.83. The van der Waals surface area contributed by atoms with Gasteiger partial charge in [-0.2, -0.15) is 0 Å². The Morgan fingerprint density at radius 2 is 2.47 bits per heavy atom. The highest BCUT2D eigenvalue weighted by Gasteiger charge is 2.20. The Labute approximate surface area is 104 Å². The van der Waals surface area contributed by atoms with Crippen molar-refractivity contribution in [3.63, 3.8) is 0 Å². The summed E-state index contributed by atoms with van der Waals surface area (Å²) in [6.07, 6.45) is 2.48. The molecule has 0 saturated carbocycles. The van der Waals surface area contributed by atoms with Crippen molar-refractivity contribution in [1.29, 1.82) is 0 Å². The smallest absolute Gasteiger partial charge is 0.0701 e. The summed E-state index contributed by atoms with van der Waals surface area (Å²) < 4.78 is 1.24. The van der Waals surface area contributed by atoms with E-state index >= 15 is 0 Å². The van der Waals surface area contributed by atoms with E-state index < -0.39 is 0 Å². The van der Waals surface area contributed by atoms with Crippen LogP contribution in [0.15, 0.2) is 15.9 Å². The van der Waals surface area contributed by atoms with Crippen molar-refractivity contribution in [3.8, 4) is 0 Å². The van der Waals surface area contributed by atoms with Gasteiger partial charge >= 0.3 is 0 Å². The van der Waals surface area contributed by atoms with Gasteiger partial charge in [0.15, 0.2) is 0 Å². The van der Waals surface area contributed by atoms with Gasteiger partial charge in [0.2, 0.25) is 0 Å². The fraction of sp³-hybridized carbons (Fsp3) is 0.636. The number of hydrogen-bond acceptors (Lipinski definition) is 3. The molecule has 1 aromatic heterocycles. The SMILES string of the molecule is CNC1CCN(CCc2ccc(Br)s2)C1. The van der Waals surface area contributed by atoms with Crippen LogP contribution in [0.5, 0.6) is 0 Å². The van der Waals surface area contributed by atoms with Gasteiger partial charge in [-0.05, 0) is 54.5 Å². The van der Waals surface area contributed by atoms with E-state index in [0.29, 0.717) is 6.04 Å². The second-order valence-corrected chi connectivity index (χ2v) is 6.58. The number of thiophene rings is 1. The maximum absolute atomic E-state index is 3.50. The molecule has 1 saturated heterocycles. The van der Waals surface area contributed by atoms with Crippen LogP contribution in [0, 0.1) is 0 Å². The summed E-state index contributed by atoms with van der Waals surface area (Å²) >= 11 is 5.35. The van der Waals surface area contributed by atoms with Crippen molar-refractivity contribution in [2.75, 3.05) is 26.7 Å². The molecular formula is C11H17BrN2S. The Morgan fingerprint density at radius 3 is 3.07 bits per heavy atom. The lowest BCUT2D eigenvalue weighted by atomic mass is 10.3. The number of halogens is 1. The minimum absolute atomic E-state index is 0.708. The topological polar surface area (TPSA) is 15.3 Å². The van der Waals surface area contributed by atoms with Crippen LogP contribution in [0.4, 0.5) is 0 Å². The van der Waals surface area contributed by atoms with Crippen LogP contribution < -0.4 is 5.32 Å². The minimum atomic E-state index is 0.708. The molecule has 1 unspecified atom stereocenters. The maximum atomic E-state index is 3.50. The molecule has 2 rings (SSSR count). The number of hydrogen-bond donors (Lipinski definition) is 1. The highest BCUT2D eigenvalue weighted by molar-refractivity contribution is 9.11. The zero-order valence-corrected chi connectivity index (χ0v) is 11.4. The van der Waals surface area contributed by atoms with Crippen molar-refractivity contribution in [2.45, 2.75) is 18.9 Å². The number of nitrogens with zero attached hydrogens (tertiary/aromatic N) is 1. The van der Waals surface area contributed by atoms with Gasteiger partial charge in [0.1, 0.15) is 0 Å². The van der Waals surface area contributed by atoms with E-state index in [0.717, 1.165) is 0 Å². The third-order valence-corrected chi connectivity index (χ3v) is 4.67. The van der Waals surface area contributed by atoms with Gasteiger partial charge in [-0.3, -0.25) is 0 Å². The van der Waals surface area contributed by atoms with Crippen molar-refractivity contribution >= 4 is 27.3 Å². The molecule has 0 radical (unpaired) electrons. The highest BCUT2D eigenvalue weighted by Crippen LogP contribution is 2.22. The van der Waals surface area contributed by atoms with Gasteiger partial charge in [0, 0.05) is 24.0 Å². The van der Waals surface area contributed by atoms with E-state index in [1.54, 1.807) is 0 Å². The van der Waals surface area contributed by atoms with Crippen molar-refractivity contribution < 1.29 is 0 Å². The lowest BCUT2D eigenvalue weighted by molar-refractivity contribution is 0.335. The second-order valence-electron chi connectivity index (χ2n) is 4.03. The largest absolute Gasteiger partial charge is 0.316 e. The molecule has 1 aliphatic rings. The molecular weight excluding hydrogens is 272 g/mol. The van der Waals surface area contributed by atoms with Crippen molar-refractivity contribution in [2.24, 2.45) is 0 Å². The molecule has 1 N–H and O–H groups in total. The monoisotopic (exact) mass is 288 g/mol. The van der Waals surface area contributed by atoms with E-state index in [2.05, 4.69) is 45.3 Å². The average molecular weight is 289 g/mol. The Kier molecular flexibility index (Phi) is 4.20. The molecule has 0 amide bonds. The zero-order valence-electron chi connectivity index (χ0n) is 9.00. The molecule has 0 bridgehead atoms. The van der Waals surface area contributed by atoms with E-state index in [4.69, 9.17) is 0 Å². The van der Waals surface area contributed by atoms with Crippen LogP contribution in [0.3, 0.4) is 0 Å². The van der Waals surface area contributed by atoms with E-state index in [-0.39, 0.29) is 0 Å². The van der Waals surface area contributed by atoms with E-state index in [1.165, 1.54) is 41.1 Å². The van der Waals surface area contributed by atoms with Crippen molar-refractivity contribution in [3.05, 3.63) is 20.8 Å². The number of rotatable bonds is 4. The Hall–Kier alpha value is 0.1000. The molecule has 4 heteroatoms. The normalized spacial score (nSPS) is 22.4.